The zero-order valence-corrected chi connectivity index (χ0v) is 16.3. The molecular formula is C21H17ClFN3O3. The summed E-state index contributed by atoms with van der Waals surface area (Å²) < 4.78 is 21.4. The number of nitrogens with zero attached hydrogens (tertiary/aromatic N) is 3. The van der Waals surface area contributed by atoms with Crippen molar-refractivity contribution in [1.29, 1.82) is 0 Å². The van der Waals surface area contributed by atoms with Crippen LogP contribution in [0.2, 0.25) is 5.02 Å². The molecule has 1 aromatic heterocycles. The van der Waals surface area contributed by atoms with Crippen molar-refractivity contribution in [3.05, 3.63) is 70.1 Å². The number of halogens is 2. The van der Waals surface area contributed by atoms with Gasteiger partial charge in [0, 0.05) is 35.3 Å². The van der Waals surface area contributed by atoms with E-state index in [1.165, 1.54) is 11.0 Å². The molecule has 1 amide bonds. The molecule has 8 heteroatoms. The number of hydrogen-bond donors (Lipinski definition) is 0. The Morgan fingerprint density at radius 3 is 2.90 bits per heavy atom. The number of aromatic nitrogens is 2. The molecule has 0 unspecified atom stereocenters. The number of ether oxygens (including phenoxy) is 1. The number of aryl methyl sites for hydroxylation is 1. The van der Waals surface area contributed by atoms with Gasteiger partial charge in [-0.15, -0.1) is 0 Å². The normalized spacial score (nSPS) is 12.0. The lowest BCUT2D eigenvalue weighted by atomic mass is 10.0. The summed E-state index contributed by atoms with van der Waals surface area (Å²) in [6.45, 7) is -0.0613. The summed E-state index contributed by atoms with van der Waals surface area (Å²) in [5, 5.41) is 4.92. The first-order valence-electron chi connectivity index (χ1n) is 8.94. The van der Waals surface area contributed by atoms with Gasteiger partial charge in [0.15, 0.2) is 5.69 Å². The maximum absolute atomic E-state index is 14.1. The van der Waals surface area contributed by atoms with Gasteiger partial charge in [0.05, 0.1) is 12.2 Å². The highest BCUT2D eigenvalue weighted by atomic mass is 35.5. The maximum atomic E-state index is 14.1. The van der Waals surface area contributed by atoms with Gasteiger partial charge in [0.2, 0.25) is 0 Å². The van der Waals surface area contributed by atoms with Crippen LogP contribution in [0, 0.1) is 5.82 Å². The third-order valence-electron chi connectivity index (χ3n) is 4.82. The Morgan fingerprint density at radius 1 is 1.34 bits per heavy atom. The Morgan fingerprint density at radius 2 is 2.14 bits per heavy atom. The molecule has 0 saturated carbocycles. The highest BCUT2D eigenvalue weighted by molar-refractivity contribution is 6.31. The number of benzene rings is 2. The number of fused-ring (bicyclic) bond motifs is 3. The summed E-state index contributed by atoms with van der Waals surface area (Å²) in [5.74, 6) is -0.252. The number of amides is 1. The molecule has 148 valence electrons. The van der Waals surface area contributed by atoms with Gasteiger partial charge in [-0.2, -0.15) is 5.10 Å². The van der Waals surface area contributed by atoms with Crippen LogP contribution < -0.4 is 4.74 Å². The van der Waals surface area contributed by atoms with E-state index < -0.39 is 11.7 Å². The molecule has 2 heterocycles. The average Bonchev–Trinajstić information content (AvgIpc) is 3.05. The van der Waals surface area contributed by atoms with E-state index in [1.807, 2.05) is 0 Å². The molecule has 0 atom stereocenters. The quantitative estimate of drug-likeness (QED) is 0.599. The second-order valence-electron chi connectivity index (χ2n) is 6.67. The van der Waals surface area contributed by atoms with Gasteiger partial charge in [-0.1, -0.05) is 29.8 Å². The Kier molecular flexibility index (Phi) is 5.07. The Bertz CT molecular complexity index is 1110. The van der Waals surface area contributed by atoms with Gasteiger partial charge in [0.1, 0.15) is 24.5 Å². The molecule has 1 aliphatic heterocycles. The van der Waals surface area contributed by atoms with Gasteiger partial charge in [-0.25, -0.2) is 4.39 Å². The standard InChI is InChI=1S/C21H17ClFN3O3/c1-25-20-15-10-14(22)6-7-18(15)29-12-16(20)19(24-25)21(28)26(8-9-27)11-13-4-2-3-5-17(13)23/h2-7,9-10H,8,11-12H2,1H3. The molecule has 1 aliphatic rings. The lowest BCUT2D eigenvalue weighted by molar-refractivity contribution is -0.108. The molecule has 29 heavy (non-hydrogen) atoms. The van der Waals surface area contributed by atoms with E-state index in [2.05, 4.69) is 5.10 Å². The Labute approximate surface area is 171 Å². The van der Waals surface area contributed by atoms with E-state index in [4.69, 9.17) is 16.3 Å². The molecule has 4 rings (SSSR count). The molecule has 2 aromatic carbocycles. The first-order chi connectivity index (χ1) is 14.0. The molecule has 0 radical (unpaired) electrons. The fourth-order valence-corrected chi connectivity index (χ4v) is 3.64. The molecule has 0 N–H and O–H groups in total. The average molecular weight is 414 g/mol. The van der Waals surface area contributed by atoms with E-state index in [0.29, 0.717) is 28.2 Å². The molecule has 0 fully saturated rings. The zero-order valence-electron chi connectivity index (χ0n) is 15.6. The monoisotopic (exact) mass is 413 g/mol. The smallest absolute Gasteiger partial charge is 0.275 e. The minimum atomic E-state index is -0.466. The van der Waals surface area contributed by atoms with Gasteiger partial charge in [-0.05, 0) is 24.3 Å². The lowest BCUT2D eigenvalue weighted by Crippen LogP contribution is -2.33. The first kappa shape index (κ1) is 19.1. The van der Waals surface area contributed by atoms with Crippen molar-refractivity contribution in [3.63, 3.8) is 0 Å². The highest BCUT2D eigenvalue weighted by Crippen LogP contribution is 2.40. The van der Waals surface area contributed by atoms with E-state index >= 15 is 0 Å². The summed E-state index contributed by atoms with van der Waals surface area (Å²) in [6.07, 6.45) is 0.611. The van der Waals surface area contributed by atoms with E-state index in [1.54, 1.807) is 48.1 Å². The van der Waals surface area contributed by atoms with Gasteiger partial charge in [0.25, 0.3) is 5.91 Å². The fourth-order valence-electron chi connectivity index (χ4n) is 3.47. The Hall–Kier alpha value is -3.19. The van der Waals surface area contributed by atoms with Crippen molar-refractivity contribution in [3.8, 4) is 17.0 Å². The van der Waals surface area contributed by atoms with Gasteiger partial charge < -0.3 is 14.4 Å². The topological polar surface area (TPSA) is 64.4 Å². The van der Waals surface area contributed by atoms with Crippen molar-refractivity contribution < 1.29 is 18.7 Å². The number of hydrogen-bond acceptors (Lipinski definition) is 4. The molecule has 6 nitrogen and oxygen atoms in total. The van der Waals surface area contributed by atoms with Crippen molar-refractivity contribution in [2.24, 2.45) is 7.05 Å². The van der Waals surface area contributed by atoms with Crippen LogP contribution in [-0.2, 0) is 25.0 Å². The summed E-state index contributed by atoms with van der Waals surface area (Å²) in [5.41, 5.74) is 2.57. The first-order valence-corrected chi connectivity index (χ1v) is 9.32. The van der Waals surface area contributed by atoms with Gasteiger partial charge in [-0.3, -0.25) is 9.48 Å². The van der Waals surface area contributed by atoms with Crippen LogP contribution >= 0.6 is 11.6 Å². The van der Waals surface area contributed by atoms with Crippen LogP contribution in [0.25, 0.3) is 11.3 Å². The number of carbonyl (C=O) groups excluding carboxylic acids is 2. The van der Waals surface area contributed by atoms with Crippen molar-refractivity contribution in [1.82, 2.24) is 14.7 Å². The zero-order chi connectivity index (χ0) is 20.5. The molecular weight excluding hydrogens is 397 g/mol. The van der Waals surface area contributed by atoms with E-state index in [-0.39, 0.29) is 25.4 Å². The maximum Gasteiger partial charge on any atom is 0.275 e. The van der Waals surface area contributed by atoms with Crippen LogP contribution in [0.4, 0.5) is 4.39 Å². The molecule has 3 aromatic rings. The van der Waals surface area contributed by atoms with E-state index in [0.717, 1.165) is 11.3 Å². The fraction of sp³-hybridized carbons (Fsp3) is 0.190. The van der Waals surface area contributed by atoms with Crippen LogP contribution in [0.3, 0.4) is 0 Å². The SMILES string of the molecule is Cn1nc(C(=O)N(CC=O)Cc2ccccc2F)c2c1-c1cc(Cl)ccc1OC2. The minimum Gasteiger partial charge on any atom is -0.488 e. The predicted molar refractivity (Wildman–Crippen MR) is 105 cm³/mol. The number of aldehydes is 1. The number of carbonyl (C=O) groups is 2. The summed E-state index contributed by atoms with van der Waals surface area (Å²) in [4.78, 5) is 25.6. The van der Waals surface area contributed by atoms with Gasteiger partial charge >= 0.3 is 0 Å². The van der Waals surface area contributed by atoms with Crippen LogP contribution in [0.1, 0.15) is 21.6 Å². The summed E-state index contributed by atoms with van der Waals surface area (Å²) in [7, 11) is 1.73. The number of rotatable bonds is 5. The Balaban J connectivity index is 1.73. The third kappa shape index (κ3) is 3.49. The lowest BCUT2D eigenvalue weighted by Gasteiger charge is -2.22. The van der Waals surface area contributed by atoms with Crippen molar-refractivity contribution in [2.45, 2.75) is 13.2 Å². The summed E-state index contributed by atoms with van der Waals surface area (Å²) in [6, 6.07) is 11.4. The van der Waals surface area contributed by atoms with Crippen molar-refractivity contribution in [2.75, 3.05) is 6.54 Å². The molecule has 0 aliphatic carbocycles. The minimum absolute atomic E-state index is 0.0428. The highest BCUT2D eigenvalue weighted by Gasteiger charge is 2.31. The van der Waals surface area contributed by atoms with Crippen LogP contribution in [-0.4, -0.2) is 33.4 Å². The second kappa shape index (κ2) is 7.67. The molecule has 0 saturated heterocycles. The predicted octanol–water partition coefficient (Wildman–Crippen LogP) is 3.61. The third-order valence-corrected chi connectivity index (χ3v) is 5.05. The summed E-state index contributed by atoms with van der Waals surface area (Å²) >= 11 is 6.13. The van der Waals surface area contributed by atoms with Crippen molar-refractivity contribution >= 4 is 23.8 Å². The van der Waals surface area contributed by atoms with E-state index in [9.17, 15) is 14.0 Å². The second-order valence-corrected chi connectivity index (χ2v) is 7.11. The molecule has 0 spiro atoms. The molecule has 0 bridgehead atoms. The van der Waals surface area contributed by atoms with Crippen LogP contribution in [0.5, 0.6) is 5.75 Å². The largest absolute Gasteiger partial charge is 0.488 e. The van der Waals surface area contributed by atoms with Crippen LogP contribution in [0.15, 0.2) is 42.5 Å².